The first-order valence-corrected chi connectivity index (χ1v) is 8.22. The molecule has 0 bridgehead atoms. The van der Waals surface area contributed by atoms with Gasteiger partial charge in [-0.3, -0.25) is 0 Å². The van der Waals surface area contributed by atoms with Gasteiger partial charge in [-0.1, -0.05) is 33.8 Å². The number of benzene rings is 1. The van der Waals surface area contributed by atoms with Gasteiger partial charge in [-0.25, -0.2) is 0 Å². The van der Waals surface area contributed by atoms with Crippen molar-refractivity contribution in [3.8, 4) is 5.75 Å². The van der Waals surface area contributed by atoms with Crippen LogP contribution in [0.1, 0.15) is 64.0 Å². The Balaban J connectivity index is 2.81. The van der Waals surface area contributed by atoms with E-state index in [1.165, 1.54) is 11.1 Å². The van der Waals surface area contributed by atoms with Gasteiger partial charge in [0.2, 0.25) is 0 Å². The third-order valence-corrected chi connectivity index (χ3v) is 4.06. The molecule has 3 heteroatoms. The van der Waals surface area contributed by atoms with Crippen LogP contribution in [-0.4, -0.2) is 23.9 Å². The van der Waals surface area contributed by atoms with E-state index in [4.69, 9.17) is 10.5 Å². The van der Waals surface area contributed by atoms with Crippen molar-refractivity contribution in [1.82, 2.24) is 0 Å². The fourth-order valence-corrected chi connectivity index (χ4v) is 2.61. The van der Waals surface area contributed by atoms with Gasteiger partial charge < -0.3 is 15.6 Å². The first-order chi connectivity index (χ1) is 10.0. The van der Waals surface area contributed by atoms with Crippen LogP contribution in [0.15, 0.2) is 18.2 Å². The Morgan fingerprint density at radius 1 is 1.24 bits per heavy atom. The van der Waals surface area contributed by atoms with Gasteiger partial charge in [-0.15, -0.1) is 0 Å². The first kappa shape index (κ1) is 18.0. The van der Waals surface area contributed by atoms with Crippen LogP contribution >= 0.6 is 0 Å². The molecule has 3 N–H and O–H groups in total. The number of hydrogen-bond acceptors (Lipinski definition) is 3. The summed E-state index contributed by atoms with van der Waals surface area (Å²) >= 11 is 0. The second kappa shape index (κ2) is 9.06. The van der Waals surface area contributed by atoms with Crippen LogP contribution in [0.5, 0.6) is 5.75 Å². The minimum absolute atomic E-state index is 0.135. The second-order valence-corrected chi connectivity index (χ2v) is 5.84. The van der Waals surface area contributed by atoms with E-state index in [-0.39, 0.29) is 6.04 Å². The molecule has 1 aromatic carbocycles. The summed E-state index contributed by atoms with van der Waals surface area (Å²) in [6.45, 7) is 9.18. The smallest absolute Gasteiger partial charge is 0.119 e. The van der Waals surface area contributed by atoms with Crippen molar-refractivity contribution in [2.75, 3.05) is 6.61 Å². The van der Waals surface area contributed by atoms with Crippen molar-refractivity contribution in [2.24, 2.45) is 5.73 Å². The zero-order valence-corrected chi connectivity index (χ0v) is 13.9. The molecule has 0 radical (unpaired) electrons. The van der Waals surface area contributed by atoms with Crippen LogP contribution in [0, 0.1) is 0 Å². The van der Waals surface area contributed by atoms with Crippen molar-refractivity contribution in [1.29, 1.82) is 0 Å². The van der Waals surface area contributed by atoms with E-state index in [1.807, 2.05) is 13.0 Å². The Morgan fingerprint density at radius 3 is 2.52 bits per heavy atom. The van der Waals surface area contributed by atoms with Gasteiger partial charge >= 0.3 is 0 Å². The van der Waals surface area contributed by atoms with Crippen LogP contribution in [0.3, 0.4) is 0 Å². The van der Waals surface area contributed by atoms with Gasteiger partial charge in [0.15, 0.2) is 0 Å². The van der Waals surface area contributed by atoms with E-state index < -0.39 is 6.10 Å². The van der Waals surface area contributed by atoms with Gasteiger partial charge in [0.05, 0.1) is 12.7 Å². The molecule has 0 saturated carbocycles. The molecule has 0 saturated heterocycles. The highest BCUT2D eigenvalue weighted by Crippen LogP contribution is 2.28. The molecule has 0 aliphatic carbocycles. The van der Waals surface area contributed by atoms with Gasteiger partial charge in [0, 0.05) is 6.04 Å². The molecule has 0 fully saturated rings. The predicted octanol–water partition coefficient (Wildman–Crippen LogP) is 3.63. The summed E-state index contributed by atoms with van der Waals surface area (Å²) < 4.78 is 5.70. The number of ether oxygens (including phenoxy) is 1. The summed E-state index contributed by atoms with van der Waals surface area (Å²) in [7, 11) is 0. The quantitative estimate of drug-likeness (QED) is 0.731. The molecule has 3 atom stereocenters. The molecule has 120 valence electrons. The molecule has 0 aliphatic rings. The Labute approximate surface area is 129 Å². The lowest BCUT2D eigenvalue weighted by Crippen LogP contribution is -2.34. The highest BCUT2D eigenvalue weighted by Gasteiger charge is 2.19. The highest BCUT2D eigenvalue weighted by atomic mass is 16.5. The van der Waals surface area contributed by atoms with E-state index in [9.17, 15) is 5.11 Å². The van der Waals surface area contributed by atoms with Crippen molar-refractivity contribution < 1.29 is 9.84 Å². The standard InChI is InChI=1S/C18H31NO2/c1-5-10-21-15-8-9-16(14(6-2)12-15)13(4)11-18(20)17(19)7-3/h8-9,12-13,17-18,20H,5-7,10-11,19H2,1-4H3. The maximum Gasteiger partial charge on any atom is 0.119 e. The minimum Gasteiger partial charge on any atom is -0.494 e. The summed E-state index contributed by atoms with van der Waals surface area (Å²) in [6.07, 6.45) is 3.06. The molecular formula is C18H31NO2. The highest BCUT2D eigenvalue weighted by molar-refractivity contribution is 5.37. The molecule has 3 unspecified atom stereocenters. The fraction of sp³-hybridized carbons (Fsp3) is 0.667. The molecule has 0 amide bonds. The van der Waals surface area contributed by atoms with Gasteiger partial charge in [-0.05, 0) is 54.9 Å². The normalized spacial score (nSPS) is 15.5. The number of hydrogen-bond donors (Lipinski definition) is 2. The Hall–Kier alpha value is -1.06. The number of aryl methyl sites for hydroxylation is 1. The van der Waals surface area contributed by atoms with Crippen LogP contribution in [-0.2, 0) is 6.42 Å². The lowest BCUT2D eigenvalue weighted by atomic mass is 9.88. The number of nitrogens with two attached hydrogens (primary N) is 1. The first-order valence-electron chi connectivity index (χ1n) is 8.22. The molecular weight excluding hydrogens is 262 g/mol. The fourth-order valence-electron chi connectivity index (χ4n) is 2.61. The lowest BCUT2D eigenvalue weighted by Gasteiger charge is -2.23. The zero-order chi connectivity index (χ0) is 15.8. The van der Waals surface area contributed by atoms with E-state index in [0.717, 1.165) is 31.6 Å². The molecule has 1 aromatic rings. The average Bonchev–Trinajstić information content (AvgIpc) is 2.51. The molecule has 0 heterocycles. The lowest BCUT2D eigenvalue weighted by molar-refractivity contribution is 0.126. The SMILES string of the molecule is CCCOc1ccc(C(C)CC(O)C(N)CC)c(CC)c1. The molecule has 0 aromatic heterocycles. The van der Waals surface area contributed by atoms with E-state index in [0.29, 0.717) is 12.3 Å². The summed E-state index contributed by atoms with van der Waals surface area (Å²) in [6, 6.07) is 6.17. The second-order valence-electron chi connectivity index (χ2n) is 5.84. The Morgan fingerprint density at radius 2 is 1.95 bits per heavy atom. The third kappa shape index (κ3) is 5.33. The summed E-state index contributed by atoms with van der Waals surface area (Å²) in [5.74, 6) is 1.24. The average molecular weight is 293 g/mol. The molecule has 0 aliphatic heterocycles. The van der Waals surface area contributed by atoms with E-state index >= 15 is 0 Å². The zero-order valence-electron chi connectivity index (χ0n) is 13.9. The number of rotatable bonds is 9. The Bertz CT molecular complexity index is 420. The molecule has 3 nitrogen and oxygen atoms in total. The van der Waals surface area contributed by atoms with Crippen molar-refractivity contribution in [3.63, 3.8) is 0 Å². The van der Waals surface area contributed by atoms with Gasteiger partial charge in [-0.2, -0.15) is 0 Å². The van der Waals surface area contributed by atoms with Crippen LogP contribution in [0.2, 0.25) is 0 Å². The summed E-state index contributed by atoms with van der Waals surface area (Å²) in [5, 5.41) is 10.1. The van der Waals surface area contributed by atoms with Crippen LogP contribution in [0.4, 0.5) is 0 Å². The van der Waals surface area contributed by atoms with Crippen molar-refractivity contribution >= 4 is 0 Å². The monoisotopic (exact) mass is 293 g/mol. The van der Waals surface area contributed by atoms with Gasteiger partial charge in [0.1, 0.15) is 5.75 Å². The predicted molar refractivity (Wildman–Crippen MR) is 88.9 cm³/mol. The maximum absolute atomic E-state index is 10.1. The third-order valence-electron chi connectivity index (χ3n) is 4.06. The molecule has 21 heavy (non-hydrogen) atoms. The van der Waals surface area contributed by atoms with E-state index in [1.54, 1.807) is 0 Å². The topological polar surface area (TPSA) is 55.5 Å². The Kier molecular flexibility index (Phi) is 7.76. The number of aliphatic hydroxyl groups is 1. The van der Waals surface area contributed by atoms with Crippen LogP contribution < -0.4 is 10.5 Å². The molecule has 1 rings (SSSR count). The maximum atomic E-state index is 10.1. The minimum atomic E-state index is -0.439. The van der Waals surface area contributed by atoms with Crippen LogP contribution in [0.25, 0.3) is 0 Å². The largest absolute Gasteiger partial charge is 0.494 e. The van der Waals surface area contributed by atoms with Crippen molar-refractivity contribution in [2.45, 2.75) is 71.4 Å². The van der Waals surface area contributed by atoms with Gasteiger partial charge in [0.25, 0.3) is 0 Å². The summed E-state index contributed by atoms with van der Waals surface area (Å²) in [5.41, 5.74) is 8.52. The van der Waals surface area contributed by atoms with E-state index in [2.05, 4.69) is 32.9 Å². The summed E-state index contributed by atoms with van der Waals surface area (Å²) in [4.78, 5) is 0. The van der Waals surface area contributed by atoms with Crippen molar-refractivity contribution in [3.05, 3.63) is 29.3 Å². The number of aliphatic hydroxyl groups excluding tert-OH is 1. The molecule has 0 spiro atoms.